The third-order valence-electron chi connectivity index (χ3n) is 2.06. The van der Waals surface area contributed by atoms with Gasteiger partial charge in [0, 0.05) is 12.7 Å². The van der Waals surface area contributed by atoms with Gasteiger partial charge in [-0.15, -0.1) is 0 Å². The van der Waals surface area contributed by atoms with Crippen molar-refractivity contribution in [3.05, 3.63) is 23.9 Å². The number of halogens is 3. The molecule has 0 aliphatic heterocycles. The lowest BCUT2D eigenvalue weighted by molar-refractivity contribution is -0.120. The normalized spacial score (nSPS) is 11.3. The summed E-state index contributed by atoms with van der Waals surface area (Å²) in [4.78, 5) is 15.0. The number of aromatic nitrogens is 1. The number of hydrogen-bond donors (Lipinski definition) is 2. The van der Waals surface area contributed by atoms with Crippen LogP contribution in [0.1, 0.15) is 10.4 Å². The Labute approximate surface area is 100 Å². The highest BCUT2D eigenvalue weighted by atomic mass is 19.4. The number of nitrogens with zero attached hydrogens (tertiary/aromatic N) is 2. The van der Waals surface area contributed by atoms with Crippen molar-refractivity contribution in [2.45, 2.75) is 6.18 Å². The second kappa shape index (κ2) is 5.67. The van der Waals surface area contributed by atoms with Crippen LogP contribution < -0.4 is 4.90 Å². The molecule has 2 N–H and O–H groups in total. The molecule has 0 aliphatic carbocycles. The molecule has 0 spiro atoms. The van der Waals surface area contributed by atoms with Gasteiger partial charge in [0.1, 0.15) is 12.4 Å². The molecule has 0 fully saturated rings. The number of hydrogen-bond acceptors (Lipinski definition) is 4. The Balaban J connectivity index is 2.88. The summed E-state index contributed by atoms with van der Waals surface area (Å²) in [6, 6.07) is 2.33. The average molecular weight is 264 g/mol. The molecule has 0 bridgehead atoms. The van der Waals surface area contributed by atoms with Gasteiger partial charge < -0.3 is 15.1 Å². The summed E-state index contributed by atoms with van der Waals surface area (Å²) in [5.41, 5.74) is -0.116. The summed E-state index contributed by atoms with van der Waals surface area (Å²) >= 11 is 0. The minimum atomic E-state index is -4.43. The Bertz CT molecular complexity index is 406. The van der Waals surface area contributed by atoms with Crippen LogP contribution in [-0.4, -0.2) is 47.0 Å². The predicted molar refractivity (Wildman–Crippen MR) is 56.6 cm³/mol. The molecule has 0 atom stereocenters. The summed E-state index contributed by atoms with van der Waals surface area (Å²) in [6.45, 7) is -1.95. The zero-order valence-electron chi connectivity index (χ0n) is 9.18. The van der Waals surface area contributed by atoms with E-state index in [2.05, 4.69) is 4.98 Å². The summed E-state index contributed by atoms with van der Waals surface area (Å²) < 4.78 is 36.8. The number of aliphatic hydroxyl groups is 1. The fourth-order valence-electron chi connectivity index (χ4n) is 1.31. The van der Waals surface area contributed by atoms with Crippen molar-refractivity contribution in [1.29, 1.82) is 0 Å². The van der Waals surface area contributed by atoms with Gasteiger partial charge in [0.2, 0.25) is 0 Å². The number of anilines is 1. The number of aliphatic hydroxyl groups excluding tert-OH is 1. The van der Waals surface area contributed by atoms with E-state index in [1.54, 1.807) is 0 Å². The van der Waals surface area contributed by atoms with E-state index in [1.807, 2.05) is 0 Å². The van der Waals surface area contributed by atoms with Crippen molar-refractivity contribution in [2.24, 2.45) is 0 Å². The van der Waals surface area contributed by atoms with Crippen molar-refractivity contribution in [2.75, 3.05) is 24.6 Å². The first kappa shape index (κ1) is 14.2. The maximum absolute atomic E-state index is 12.3. The van der Waals surface area contributed by atoms with Gasteiger partial charge in [0.05, 0.1) is 12.2 Å². The van der Waals surface area contributed by atoms with Crippen LogP contribution in [0.4, 0.5) is 19.0 Å². The Hall–Kier alpha value is -1.83. The van der Waals surface area contributed by atoms with Crippen LogP contribution in [0.5, 0.6) is 0 Å². The predicted octanol–water partition coefficient (Wildman–Crippen LogP) is 1.14. The molecule has 0 saturated carbocycles. The molecular formula is C10H11F3N2O3. The molecule has 0 saturated heterocycles. The first-order valence-corrected chi connectivity index (χ1v) is 4.95. The molecule has 18 heavy (non-hydrogen) atoms. The van der Waals surface area contributed by atoms with E-state index in [0.717, 1.165) is 17.2 Å². The number of aromatic carboxylic acids is 1. The number of rotatable bonds is 5. The minimum absolute atomic E-state index is 0.0358. The molecule has 100 valence electrons. The molecular weight excluding hydrogens is 253 g/mol. The number of carboxylic acids is 1. The molecule has 5 nitrogen and oxygen atoms in total. The molecule has 0 amide bonds. The Morgan fingerprint density at radius 3 is 2.44 bits per heavy atom. The largest absolute Gasteiger partial charge is 0.478 e. The summed E-state index contributed by atoms with van der Waals surface area (Å²) in [6.07, 6.45) is -3.46. The van der Waals surface area contributed by atoms with E-state index >= 15 is 0 Å². The van der Waals surface area contributed by atoms with Gasteiger partial charge in [-0.1, -0.05) is 0 Å². The van der Waals surface area contributed by atoms with Crippen LogP contribution >= 0.6 is 0 Å². The Kier molecular flexibility index (Phi) is 4.49. The standard InChI is InChI=1S/C10H11F3N2O3/c11-10(12,13)6-15(3-4-16)8-2-1-7(5-14-8)9(17)18/h1-2,5,16H,3-4,6H2,(H,17,18). The third-order valence-corrected chi connectivity index (χ3v) is 2.06. The van der Waals surface area contributed by atoms with E-state index < -0.39 is 25.3 Å². The van der Waals surface area contributed by atoms with E-state index in [-0.39, 0.29) is 17.9 Å². The molecule has 0 aliphatic rings. The van der Waals surface area contributed by atoms with Crippen molar-refractivity contribution in [3.8, 4) is 0 Å². The number of carboxylic acid groups (broad SMARTS) is 1. The van der Waals surface area contributed by atoms with Crippen molar-refractivity contribution in [3.63, 3.8) is 0 Å². The van der Waals surface area contributed by atoms with Gasteiger partial charge in [0.25, 0.3) is 0 Å². The fraction of sp³-hybridized carbons (Fsp3) is 0.400. The molecule has 0 unspecified atom stereocenters. The molecule has 1 aromatic rings. The highest BCUT2D eigenvalue weighted by Crippen LogP contribution is 2.20. The van der Waals surface area contributed by atoms with Crippen LogP contribution in [0.3, 0.4) is 0 Å². The van der Waals surface area contributed by atoms with Gasteiger partial charge >= 0.3 is 12.1 Å². The van der Waals surface area contributed by atoms with E-state index in [9.17, 15) is 18.0 Å². The molecule has 1 aromatic heterocycles. The summed E-state index contributed by atoms with van der Waals surface area (Å²) in [5.74, 6) is -1.25. The maximum atomic E-state index is 12.3. The minimum Gasteiger partial charge on any atom is -0.478 e. The lowest BCUT2D eigenvalue weighted by atomic mass is 10.3. The molecule has 0 aromatic carbocycles. The van der Waals surface area contributed by atoms with Crippen LogP contribution in [0, 0.1) is 0 Å². The van der Waals surface area contributed by atoms with Crippen molar-refractivity contribution >= 4 is 11.8 Å². The monoisotopic (exact) mass is 264 g/mol. The zero-order chi connectivity index (χ0) is 13.8. The molecule has 0 radical (unpaired) electrons. The van der Waals surface area contributed by atoms with Crippen LogP contribution in [0.15, 0.2) is 18.3 Å². The number of pyridine rings is 1. The molecule has 1 heterocycles. The second-order valence-electron chi connectivity index (χ2n) is 3.47. The molecule has 8 heteroatoms. The summed E-state index contributed by atoms with van der Waals surface area (Å²) in [7, 11) is 0. The topological polar surface area (TPSA) is 73.7 Å². The maximum Gasteiger partial charge on any atom is 0.405 e. The van der Waals surface area contributed by atoms with Crippen molar-refractivity contribution < 1.29 is 28.2 Å². The van der Waals surface area contributed by atoms with Crippen LogP contribution in [0.25, 0.3) is 0 Å². The summed E-state index contributed by atoms with van der Waals surface area (Å²) in [5, 5.41) is 17.3. The Morgan fingerprint density at radius 2 is 2.06 bits per heavy atom. The van der Waals surface area contributed by atoms with Crippen LogP contribution in [0.2, 0.25) is 0 Å². The SMILES string of the molecule is O=C(O)c1ccc(N(CCO)CC(F)(F)F)nc1. The first-order chi connectivity index (χ1) is 8.33. The third kappa shape index (κ3) is 4.21. The van der Waals surface area contributed by atoms with E-state index in [0.29, 0.717) is 0 Å². The fourth-order valence-corrected chi connectivity index (χ4v) is 1.31. The zero-order valence-corrected chi connectivity index (χ0v) is 9.18. The van der Waals surface area contributed by atoms with Gasteiger partial charge in [-0.3, -0.25) is 0 Å². The van der Waals surface area contributed by atoms with Gasteiger partial charge in [-0.2, -0.15) is 13.2 Å². The molecule has 1 rings (SSSR count). The highest BCUT2D eigenvalue weighted by molar-refractivity contribution is 5.87. The highest BCUT2D eigenvalue weighted by Gasteiger charge is 2.31. The van der Waals surface area contributed by atoms with Gasteiger partial charge in [-0.05, 0) is 12.1 Å². The first-order valence-electron chi connectivity index (χ1n) is 4.95. The number of carbonyl (C=O) groups is 1. The number of alkyl halides is 3. The van der Waals surface area contributed by atoms with E-state index in [1.165, 1.54) is 6.07 Å². The second-order valence-corrected chi connectivity index (χ2v) is 3.47. The lowest BCUT2D eigenvalue weighted by Crippen LogP contribution is -2.36. The average Bonchev–Trinajstić information content (AvgIpc) is 2.27. The Morgan fingerprint density at radius 1 is 1.39 bits per heavy atom. The van der Waals surface area contributed by atoms with Crippen LogP contribution in [-0.2, 0) is 0 Å². The van der Waals surface area contributed by atoms with Gasteiger partial charge in [-0.25, -0.2) is 9.78 Å². The van der Waals surface area contributed by atoms with Gasteiger partial charge in [0.15, 0.2) is 0 Å². The lowest BCUT2D eigenvalue weighted by Gasteiger charge is -2.23. The smallest absolute Gasteiger partial charge is 0.405 e. The van der Waals surface area contributed by atoms with E-state index in [4.69, 9.17) is 10.2 Å². The quantitative estimate of drug-likeness (QED) is 0.834. The van der Waals surface area contributed by atoms with Crippen molar-refractivity contribution in [1.82, 2.24) is 4.98 Å².